The van der Waals surface area contributed by atoms with Crippen LogP contribution < -0.4 is 10.6 Å². The lowest BCUT2D eigenvalue weighted by molar-refractivity contribution is -0.150. The standard InChI is InChI=1S/C17H18ClN5O7S2/c1-29-4-7-5-31-15-11(14(26)23(15)12(7)16(27)28)21-13(25)10(22-30-2)8-6-32-17(19-8)20-9(24)3-18/h6,11,15H,3-5H2,1-2H3,(H,21,25)(H,27,28)(H,19,20,24)/b22-10-/t11-,15-/m1/s1. The van der Waals surface area contributed by atoms with Crippen molar-refractivity contribution in [3.05, 3.63) is 22.3 Å². The van der Waals surface area contributed by atoms with Gasteiger partial charge < -0.3 is 25.3 Å². The van der Waals surface area contributed by atoms with Crippen molar-refractivity contribution in [1.29, 1.82) is 0 Å². The number of hydrogen-bond acceptors (Lipinski definition) is 10. The molecule has 0 aliphatic carbocycles. The Bertz CT molecular complexity index is 1010. The first kappa shape index (κ1) is 24.0. The molecule has 1 fully saturated rings. The monoisotopic (exact) mass is 503 g/mol. The van der Waals surface area contributed by atoms with Gasteiger partial charge in [0.05, 0.1) is 6.61 Å². The summed E-state index contributed by atoms with van der Waals surface area (Å²) in [6.07, 6.45) is 0. The molecule has 172 valence electrons. The van der Waals surface area contributed by atoms with Gasteiger partial charge in [0.1, 0.15) is 35.8 Å². The van der Waals surface area contributed by atoms with E-state index in [4.69, 9.17) is 21.2 Å². The fourth-order valence-corrected chi connectivity index (χ4v) is 5.17. The van der Waals surface area contributed by atoms with Crippen LogP contribution in [-0.4, -0.2) is 88.3 Å². The second kappa shape index (κ2) is 10.3. The number of thioether (sulfide) groups is 1. The predicted molar refractivity (Wildman–Crippen MR) is 117 cm³/mol. The molecule has 2 aliphatic heterocycles. The maximum absolute atomic E-state index is 12.8. The van der Waals surface area contributed by atoms with Gasteiger partial charge in [-0.25, -0.2) is 9.78 Å². The van der Waals surface area contributed by atoms with Crippen LogP contribution in [0.4, 0.5) is 5.13 Å². The van der Waals surface area contributed by atoms with E-state index in [-0.39, 0.29) is 34.7 Å². The third kappa shape index (κ3) is 4.72. The highest BCUT2D eigenvalue weighted by Gasteiger charge is 2.54. The SMILES string of the molecule is COCC1=C(C(=O)O)N2C(=O)[C@@H](NC(=O)/C(=N\OC)c3csc(NC(=O)CCl)n3)[C@H]2SC1. The van der Waals surface area contributed by atoms with Crippen LogP contribution in [0.5, 0.6) is 0 Å². The van der Waals surface area contributed by atoms with Gasteiger partial charge in [0.2, 0.25) is 5.91 Å². The molecule has 0 radical (unpaired) electrons. The highest BCUT2D eigenvalue weighted by atomic mass is 35.5. The molecule has 0 aromatic carbocycles. The van der Waals surface area contributed by atoms with Crippen molar-refractivity contribution in [2.45, 2.75) is 11.4 Å². The van der Waals surface area contributed by atoms with Gasteiger partial charge in [-0.1, -0.05) is 5.16 Å². The number of carboxylic acid groups (broad SMARTS) is 1. The number of rotatable bonds is 9. The smallest absolute Gasteiger partial charge is 0.352 e. The number of hydrogen-bond donors (Lipinski definition) is 3. The molecule has 0 bridgehead atoms. The number of β-lactam (4-membered cyclic amide) rings is 1. The number of carboxylic acids is 1. The molecule has 1 aromatic rings. The zero-order valence-corrected chi connectivity index (χ0v) is 19.2. The summed E-state index contributed by atoms with van der Waals surface area (Å²) < 4.78 is 5.03. The van der Waals surface area contributed by atoms with Crippen LogP contribution in [0, 0.1) is 0 Å². The first-order valence-electron chi connectivity index (χ1n) is 8.95. The minimum absolute atomic E-state index is 0.0826. The van der Waals surface area contributed by atoms with Crippen molar-refractivity contribution < 1.29 is 33.9 Å². The van der Waals surface area contributed by atoms with Gasteiger partial charge in [0, 0.05) is 18.2 Å². The van der Waals surface area contributed by atoms with Gasteiger partial charge in [-0.3, -0.25) is 19.3 Å². The van der Waals surface area contributed by atoms with Gasteiger partial charge >= 0.3 is 5.97 Å². The highest BCUT2D eigenvalue weighted by molar-refractivity contribution is 8.00. The van der Waals surface area contributed by atoms with Crippen LogP contribution in [0.3, 0.4) is 0 Å². The van der Waals surface area contributed by atoms with Crippen molar-refractivity contribution in [3.63, 3.8) is 0 Å². The van der Waals surface area contributed by atoms with E-state index in [0.717, 1.165) is 16.2 Å². The van der Waals surface area contributed by atoms with Crippen molar-refractivity contribution in [1.82, 2.24) is 15.2 Å². The van der Waals surface area contributed by atoms with E-state index in [1.165, 1.54) is 31.4 Å². The second-order valence-electron chi connectivity index (χ2n) is 6.39. The quantitative estimate of drug-likeness (QED) is 0.183. The van der Waals surface area contributed by atoms with Crippen molar-refractivity contribution in [2.24, 2.45) is 5.16 Å². The average Bonchev–Trinajstić information content (AvgIpc) is 3.22. The van der Waals surface area contributed by atoms with Crippen LogP contribution >= 0.6 is 34.7 Å². The van der Waals surface area contributed by atoms with Gasteiger partial charge in [-0.2, -0.15) is 0 Å². The molecule has 0 unspecified atom stereocenters. The van der Waals surface area contributed by atoms with E-state index >= 15 is 0 Å². The van der Waals surface area contributed by atoms with E-state index in [0.29, 0.717) is 11.3 Å². The third-order valence-electron chi connectivity index (χ3n) is 4.37. The number of amides is 3. The van der Waals surface area contributed by atoms with Crippen molar-refractivity contribution in [3.8, 4) is 0 Å². The number of methoxy groups -OCH3 is 1. The molecule has 3 N–H and O–H groups in total. The first-order valence-corrected chi connectivity index (χ1v) is 11.4. The fraction of sp³-hybridized carbons (Fsp3) is 0.412. The zero-order valence-electron chi connectivity index (χ0n) is 16.8. The summed E-state index contributed by atoms with van der Waals surface area (Å²) in [7, 11) is 2.68. The number of ether oxygens (including phenoxy) is 1. The molecule has 32 heavy (non-hydrogen) atoms. The Morgan fingerprint density at radius 2 is 2.16 bits per heavy atom. The van der Waals surface area contributed by atoms with Crippen LogP contribution in [0.2, 0.25) is 0 Å². The summed E-state index contributed by atoms with van der Waals surface area (Å²) in [5, 5.41) is 19.4. The largest absolute Gasteiger partial charge is 0.477 e. The van der Waals surface area contributed by atoms with Gasteiger partial charge in [0.25, 0.3) is 11.8 Å². The Kier molecular flexibility index (Phi) is 7.71. The number of fused-ring (bicyclic) bond motifs is 1. The molecule has 0 spiro atoms. The van der Waals surface area contributed by atoms with Crippen molar-refractivity contribution in [2.75, 3.05) is 37.8 Å². The van der Waals surface area contributed by atoms with Crippen LogP contribution in [0.15, 0.2) is 21.8 Å². The summed E-state index contributed by atoms with van der Waals surface area (Å²) in [5.74, 6) is -2.93. The Balaban J connectivity index is 1.75. The van der Waals surface area contributed by atoms with Crippen LogP contribution in [0.1, 0.15) is 5.69 Å². The minimum atomic E-state index is -1.24. The number of thiazole rings is 1. The topological polar surface area (TPSA) is 160 Å². The molecular formula is C17H18ClN5O7S2. The summed E-state index contributed by atoms with van der Waals surface area (Å²) in [4.78, 5) is 58.6. The number of nitrogens with zero attached hydrogens (tertiary/aromatic N) is 3. The number of nitrogens with one attached hydrogen (secondary N) is 2. The molecule has 1 aromatic heterocycles. The molecular weight excluding hydrogens is 486 g/mol. The van der Waals surface area contributed by atoms with E-state index in [1.54, 1.807) is 0 Å². The Morgan fingerprint density at radius 3 is 2.78 bits per heavy atom. The number of aliphatic carboxylic acids is 1. The molecule has 3 heterocycles. The van der Waals surface area contributed by atoms with E-state index in [9.17, 15) is 24.3 Å². The van der Waals surface area contributed by atoms with E-state index in [2.05, 4.69) is 20.8 Å². The lowest BCUT2D eigenvalue weighted by atomic mass is 10.0. The number of anilines is 1. The average molecular weight is 504 g/mol. The van der Waals surface area contributed by atoms with Crippen molar-refractivity contribution >= 4 is 69.2 Å². The molecule has 3 rings (SSSR count). The predicted octanol–water partition coefficient (Wildman–Crippen LogP) is 0.0559. The minimum Gasteiger partial charge on any atom is -0.477 e. The van der Waals surface area contributed by atoms with Crippen LogP contribution in [0.25, 0.3) is 0 Å². The summed E-state index contributed by atoms with van der Waals surface area (Å²) >= 11 is 7.81. The molecule has 2 aliphatic rings. The van der Waals surface area contributed by atoms with Gasteiger partial charge in [-0.15, -0.1) is 34.7 Å². The van der Waals surface area contributed by atoms with E-state index < -0.39 is 35.1 Å². The number of aromatic nitrogens is 1. The summed E-state index contributed by atoms with van der Waals surface area (Å²) in [6.45, 7) is 0.0826. The van der Waals surface area contributed by atoms with Crippen LogP contribution in [-0.2, 0) is 28.8 Å². The Morgan fingerprint density at radius 1 is 1.41 bits per heavy atom. The molecule has 3 amide bonds. The lowest BCUT2D eigenvalue weighted by Crippen LogP contribution is -2.71. The van der Waals surface area contributed by atoms with Gasteiger partial charge in [-0.05, 0) is 5.57 Å². The number of carbonyl (C=O) groups is 4. The van der Waals surface area contributed by atoms with Gasteiger partial charge in [0.15, 0.2) is 10.8 Å². The molecule has 0 saturated carbocycles. The van der Waals surface area contributed by atoms with E-state index in [1.807, 2.05) is 0 Å². The summed E-state index contributed by atoms with van der Waals surface area (Å²) in [6, 6.07) is -0.956. The summed E-state index contributed by atoms with van der Waals surface area (Å²) in [5.41, 5.74) is 0.259. The maximum Gasteiger partial charge on any atom is 0.352 e. The number of halogens is 1. The lowest BCUT2D eigenvalue weighted by Gasteiger charge is -2.49. The zero-order chi connectivity index (χ0) is 23.4. The molecule has 1 saturated heterocycles. The number of oxime groups is 1. The number of carbonyl (C=O) groups excluding carboxylic acids is 3. The normalized spacial score (nSPS) is 20.4. The first-order chi connectivity index (χ1) is 15.3. The molecule has 2 atom stereocenters. The molecule has 15 heteroatoms. The second-order valence-corrected chi connectivity index (χ2v) is 8.62. The number of alkyl halides is 1. The Labute approximate surface area is 195 Å². The third-order valence-corrected chi connectivity index (χ3v) is 6.71. The fourth-order valence-electron chi connectivity index (χ4n) is 3.07. The maximum atomic E-state index is 12.8. The Hall–Kier alpha value is -2.68. The highest BCUT2D eigenvalue weighted by Crippen LogP contribution is 2.40. The molecule has 12 nitrogen and oxygen atoms in total.